The third kappa shape index (κ3) is 4.73. The topological polar surface area (TPSA) is 50.2 Å². The lowest BCUT2D eigenvalue weighted by molar-refractivity contribution is -0.125. The minimum absolute atomic E-state index is 0.0351. The summed E-state index contributed by atoms with van der Waals surface area (Å²) >= 11 is 3.56. The molecule has 1 aromatic heterocycles. The van der Waals surface area contributed by atoms with Crippen LogP contribution in [-0.4, -0.2) is 28.5 Å². The number of aromatic nitrogens is 2. The maximum atomic E-state index is 12.8. The molecule has 5 rings (SSSR count). The minimum Gasteiger partial charge on any atom is -0.352 e. The van der Waals surface area contributed by atoms with E-state index >= 15 is 0 Å². The minimum atomic E-state index is 0.0351. The van der Waals surface area contributed by atoms with E-state index in [0.717, 1.165) is 59.5 Å². The van der Waals surface area contributed by atoms with Gasteiger partial charge < -0.3 is 14.8 Å². The van der Waals surface area contributed by atoms with E-state index in [0.29, 0.717) is 6.54 Å². The Kier molecular flexibility index (Phi) is 6.68. The van der Waals surface area contributed by atoms with Crippen molar-refractivity contribution in [1.82, 2.24) is 14.9 Å². The number of carbonyl (C=O) groups excluding carboxylic acids is 1. The van der Waals surface area contributed by atoms with Crippen LogP contribution in [0.25, 0.3) is 11.0 Å². The van der Waals surface area contributed by atoms with Crippen LogP contribution in [0.3, 0.4) is 0 Å². The number of nitrogens with one attached hydrogen (secondary N) is 1. The fraction of sp³-hybridized carbons (Fsp3) is 0.286. The zero-order valence-corrected chi connectivity index (χ0v) is 21.0. The molecule has 174 valence electrons. The molecule has 0 radical (unpaired) electrons. The maximum absolute atomic E-state index is 12.8. The van der Waals surface area contributed by atoms with E-state index in [1.165, 1.54) is 11.1 Å². The van der Waals surface area contributed by atoms with Crippen LogP contribution < -0.4 is 10.2 Å². The molecule has 3 aromatic carbocycles. The Hall–Kier alpha value is -3.12. The number of fused-ring (bicyclic) bond motifs is 1. The number of amides is 1. The molecule has 1 fully saturated rings. The summed E-state index contributed by atoms with van der Waals surface area (Å²) in [6.45, 7) is 5.14. The monoisotopic (exact) mass is 516 g/mol. The van der Waals surface area contributed by atoms with Gasteiger partial charge in [-0.1, -0.05) is 70.5 Å². The Morgan fingerprint density at radius 1 is 0.971 bits per heavy atom. The van der Waals surface area contributed by atoms with Crippen molar-refractivity contribution >= 4 is 38.8 Å². The highest BCUT2D eigenvalue weighted by atomic mass is 79.9. The fourth-order valence-corrected chi connectivity index (χ4v) is 5.15. The lowest BCUT2D eigenvalue weighted by atomic mass is 9.96. The van der Waals surface area contributed by atoms with Gasteiger partial charge in [0.25, 0.3) is 0 Å². The molecule has 1 amide bonds. The van der Waals surface area contributed by atoms with Gasteiger partial charge in [-0.2, -0.15) is 0 Å². The van der Waals surface area contributed by atoms with Crippen LogP contribution in [0.4, 0.5) is 5.95 Å². The first-order valence-corrected chi connectivity index (χ1v) is 12.7. The predicted molar refractivity (Wildman–Crippen MR) is 141 cm³/mol. The van der Waals surface area contributed by atoms with Gasteiger partial charge in [-0.3, -0.25) is 4.79 Å². The predicted octanol–water partition coefficient (Wildman–Crippen LogP) is 5.69. The fourth-order valence-electron chi connectivity index (χ4n) is 4.73. The maximum Gasteiger partial charge on any atom is 0.223 e. The van der Waals surface area contributed by atoms with Gasteiger partial charge in [-0.05, 0) is 54.7 Å². The summed E-state index contributed by atoms with van der Waals surface area (Å²) in [4.78, 5) is 20.2. The molecule has 4 aromatic rings. The molecule has 34 heavy (non-hydrogen) atoms. The Balaban J connectivity index is 1.29. The molecule has 5 nitrogen and oxygen atoms in total. The summed E-state index contributed by atoms with van der Waals surface area (Å²) in [7, 11) is 0. The van der Waals surface area contributed by atoms with Gasteiger partial charge in [0.2, 0.25) is 11.9 Å². The van der Waals surface area contributed by atoms with Crippen LogP contribution >= 0.6 is 15.9 Å². The number of hydrogen-bond acceptors (Lipinski definition) is 3. The molecule has 0 bridgehead atoms. The normalized spacial score (nSPS) is 14.5. The van der Waals surface area contributed by atoms with Crippen molar-refractivity contribution in [2.45, 2.75) is 32.9 Å². The molecule has 2 heterocycles. The van der Waals surface area contributed by atoms with E-state index in [9.17, 15) is 4.79 Å². The van der Waals surface area contributed by atoms with Crippen LogP contribution in [0.2, 0.25) is 0 Å². The van der Waals surface area contributed by atoms with Crippen molar-refractivity contribution < 1.29 is 4.79 Å². The first-order valence-electron chi connectivity index (χ1n) is 11.9. The SMILES string of the molecule is Cc1ccccc1Cn1c(N2CCC(C(=O)NCc3ccccc3Br)CC2)nc2ccccc21. The summed E-state index contributed by atoms with van der Waals surface area (Å²) in [5, 5.41) is 3.13. The molecule has 1 N–H and O–H groups in total. The average molecular weight is 517 g/mol. The lowest BCUT2D eigenvalue weighted by Crippen LogP contribution is -2.41. The quantitative estimate of drug-likeness (QED) is 0.358. The van der Waals surface area contributed by atoms with E-state index in [2.05, 4.69) is 80.1 Å². The summed E-state index contributed by atoms with van der Waals surface area (Å²) in [6.07, 6.45) is 1.66. The summed E-state index contributed by atoms with van der Waals surface area (Å²) < 4.78 is 3.35. The first-order chi connectivity index (χ1) is 16.6. The van der Waals surface area contributed by atoms with Crippen LogP contribution in [-0.2, 0) is 17.9 Å². The molecule has 0 spiro atoms. The standard InChI is InChI=1S/C28H29BrN4O/c1-20-8-2-3-10-23(20)19-33-26-13-7-6-12-25(26)31-28(33)32-16-14-21(15-17-32)27(34)30-18-22-9-4-5-11-24(22)29/h2-13,21H,14-19H2,1H3,(H,30,34). The molecule has 6 heteroatoms. The number of piperidine rings is 1. The number of hydrogen-bond donors (Lipinski definition) is 1. The van der Waals surface area contributed by atoms with Gasteiger partial charge in [0.1, 0.15) is 0 Å². The van der Waals surface area contributed by atoms with Crippen molar-refractivity contribution in [2.75, 3.05) is 18.0 Å². The van der Waals surface area contributed by atoms with Crippen LogP contribution in [0.15, 0.2) is 77.3 Å². The second-order valence-corrected chi connectivity index (χ2v) is 9.84. The zero-order chi connectivity index (χ0) is 23.5. The van der Waals surface area contributed by atoms with E-state index in [-0.39, 0.29) is 11.8 Å². The number of para-hydroxylation sites is 2. The molecule has 0 aliphatic carbocycles. The molecule has 0 saturated carbocycles. The van der Waals surface area contributed by atoms with Crippen LogP contribution in [0.5, 0.6) is 0 Å². The van der Waals surface area contributed by atoms with Crippen LogP contribution in [0, 0.1) is 12.8 Å². The third-order valence-electron chi connectivity index (χ3n) is 6.78. The molecule has 0 unspecified atom stereocenters. The van der Waals surface area contributed by atoms with Gasteiger partial charge in [0.05, 0.1) is 17.6 Å². The third-order valence-corrected chi connectivity index (χ3v) is 7.56. The first kappa shape index (κ1) is 22.7. The number of anilines is 1. The smallest absolute Gasteiger partial charge is 0.223 e. The second-order valence-electron chi connectivity index (χ2n) is 8.98. The highest BCUT2D eigenvalue weighted by Crippen LogP contribution is 2.28. The Morgan fingerprint density at radius 2 is 1.65 bits per heavy atom. The van der Waals surface area contributed by atoms with Gasteiger partial charge in [-0.15, -0.1) is 0 Å². The number of nitrogens with zero attached hydrogens (tertiary/aromatic N) is 3. The summed E-state index contributed by atoms with van der Waals surface area (Å²) in [5.74, 6) is 1.17. The molecule has 1 saturated heterocycles. The van der Waals surface area contributed by atoms with Crippen molar-refractivity contribution in [2.24, 2.45) is 5.92 Å². The number of benzene rings is 3. The van der Waals surface area contributed by atoms with Crippen molar-refractivity contribution in [3.8, 4) is 0 Å². The molecule has 1 aliphatic heterocycles. The summed E-state index contributed by atoms with van der Waals surface area (Å²) in [6, 6.07) is 24.9. The van der Waals surface area contributed by atoms with Crippen LogP contribution in [0.1, 0.15) is 29.5 Å². The number of rotatable bonds is 6. The van der Waals surface area contributed by atoms with Gasteiger partial charge in [0.15, 0.2) is 0 Å². The Morgan fingerprint density at radius 3 is 2.41 bits per heavy atom. The van der Waals surface area contributed by atoms with E-state index in [4.69, 9.17) is 4.98 Å². The highest BCUT2D eigenvalue weighted by molar-refractivity contribution is 9.10. The van der Waals surface area contributed by atoms with Crippen molar-refractivity contribution in [3.05, 3.63) is 94.0 Å². The highest BCUT2D eigenvalue weighted by Gasteiger charge is 2.27. The lowest BCUT2D eigenvalue weighted by Gasteiger charge is -2.32. The Bertz CT molecular complexity index is 1310. The number of aryl methyl sites for hydroxylation is 1. The van der Waals surface area contributed by atoms with E-state index in [1.54, 1.807) is 0 Å². The molecule has 1 aliphatic rings. The van der Waals surface area contributed by atoms with E-state index in [1.807, 2.05) is 30.3 Å². The van der Waals surface area contributed by atoms with Crippen molar-refractivity contribution in [3.63, 3.8) is 0 Å². The zero-order valence-electron chi connectivity index (χ0n) is 19.4. The average Bonchev–Trinajstić information content (AvgIpc) is 3.23. The van der Waals surface area contributed by atoms with Gasteiger partial charge in [-0.25, -0.2) is 4.98 Å². The molecular weight excluding hydrogens is 488 g/mol. The van der Waals surface area contributed by atoms with E-state index < -0.39 is 0 Å². The molecule has 0 atom stereocenters. The number of imidazole rings is 1. The second kappa shape index (κ2) is 10.0. The Labute approximate surface area is 208 Å². The number of halogens is 1. The van der Waals surface area contributed by atoms with Gasteiger partial charge >= 0.3 is 0 Å². The van der Waals surface area contributed by atoms with Crippen molar-refractivity contribution in [1.29, 1.82) is 0 Å². The largest absolute Gasteiger partial charge is 0.352 e. The number of carbonyl (C=O) groups is 1. The van der Waals surface area contributed by atoms with Gasteiger partial charge in [0, 0.05) is 30.0 Å². The summed E-state index contributed by atoms with van der Waals surface area (Å²) in [5.41, 5.74) is 5.84. The molecular formula is C28H29BrN4O.